The highest BCUT2D eigenvalue weighted by Crippen LogP contribution is 1.93. The van der Waals surface area contributed by atoms with Crippen LogP contribution in [0.2, 0.25) is 0 Å². The van der Waals surface area contributed by atoms with Gasteiger partial charge in [-0.05, 0) is 14.0 Å². The van der Waals surface area contributed by atoms with Gasteiger partial charge in [-0.1, -0.05) is 6.58 Å². The zero-order chi connectivity index (χ0) is 13.4. The molecule has 0 unspecified atom stereocenters. The molecule has 0 atom stereocenters. The number of carbonyl (C=O) groups excluding carboxylic acids is 1. The molecular weight excluding hydrogens is 236 g/mol. The van der Waals surface area contributed by atoms with Gasteiger partial charge in [-0.3, -0.25) is 13.9 Å². The van der Waals surface area contributed by atoms with Crippen LogP contribution < -0.4 is 5.32 Å². The average molecular weight is 254 g/mol. The van der Waals surface area contributed by atoms with Crippen molar-refractivity contribution >= 4 is 16.3 Å². The summed E-state index contributed by atoms with van der Waals surface area (Å²) in [5, 5.41) is 2.97. The summed E-state index contributed by atoms with van der Waals surface area (Å²) in [5.41, 5.74) is 0.587. The predicted molar refractivity (Wildman–Crippen MR) is 60.6 cm³/mol. The molecule has 0 fully saturated rings. The number of rotatable bonds is 4. The Labute approximate surface area is 95.7 Å². The molecule has 0 aromatic carbocycles. The van der Waals surface area contributed by atoms with E-state index in [0.29, 0.717) is 5.57 Å². The number of hydrogen-bond acceptors (Lipinski definition) is 4. The van der Waals surface area contributed by atoms with Crippen LogP contribution in [0.3, 0.4) is 0 Å². The summed E-state index contributed by atoms with van der Waals surface area (Å²) in [6.45, 7) is 6.83. The van der Waals surface area contributed by atoms with Gasteiger partial charge in [0.25, 0.3) is 0 Å². The molecule has 0 bridgehead atoms. The fraction of sp³-hybridized carbons (Fsp3) is 0.625. The molecule has 0 saturated heterocycles. The van der Waals surface area contributed by atoms with Crippen molar-refractivity contribution in [1.82, 2.24) is 10.2 Å². The van der Waals surface area contributed by atoms with Crippen LogP contribution >= 0.6 is 0 Å². The molecule has 0 aromatic rings. The monoisotopic (exact) mass is 254 g/mol. The van der Waals surface area contributed by atoms with Crippen molar-refractivity contribution in [1.29, 1.82) is 0 Å². The third-order valence-electron chi connectivity index (χ3n) is 1.41. The molecule has 0 heterocycles. The largest absolute Gasteiger partial charge is 0.394 e. The van der Waals surface area contributed by atoms with Gasteiger partial charge in [-0.2, -0.15) is 8.42 Å². The van der Waals surface area contributed by atoms with Crippen molar-refractivity contribution < 1.29 is 22.3 Å². The Hall–Kier alpha value is -0.960. The SMILES string of the molecule is C=C(C)C(=O)N(C)CCNC.O=S(=O)(O)O. The summed E-state index contributed by atoms with van der Waals surface area (Å²) in [7, 11) is -1.03. The van der Waals surface area contributed by atoms with E-state index in [2.05, 4.69) is 11.9 Å². The molecule has 16 heavy (non-hydrogen) atoms. The van der Waals surface area contributed by atoms with E-state index >= 15 is 0 Å². The van der Waals surface area contributed by atoms with Gasteiger partial charge in [0.2, 0.25) is 5.91 Å². The number of carbonyl (C=O) groups is 1. The first-order valence-electron chi connectivity index (χ1n) is 4.35. The first-order valence-corrected chi connectivity index (χ1v) is 5.74. The minimum absolute atomic E-state index is 0.0141. The van der Waals surface area contributed by atoms with Crippen molar-refractivity contribution in [2.75, 3.05) is 27.2 Å². The van der Waals surface area contributed by atoms with Gasteiger partial charge in [0, 0.05) is 25.7 Å². The lowest BCUT2D eigenvalue weighted by Crippen LogP contribution is -2.32. The maximum absolute atomic E-state index is 11.1. The molecule has 0 spiro atoms. The first-order chi connectivity index (χ1) is 7.09. The van der Waals surface area contributed by atoms with E-state index in [9.17, 15) is 4.79 Å². The molecule has 0 radical (unpaired) electrons. The average Bonchev–Trinajstić information content (AvgIpc) is 2.10. The summed E-state index contributed by atoms with van der Waals surface area (Å²) in [4.78, 5) is 12.8. The van der Waals surface area contributed by atoms with E-state index in [0.717, 1.165) is 13.1 Å². The van der Waals surface area contributed by atoms with Gasteiger partial charge >= 0.3 is 10.4 Å². The summed E-state index contributed by atoms with van der Waals surface area (Å²) in [6, 6.07) is 0. The van der Waals surface area contributed by atoms with Crippen LogP contribution in [0.25, 0.3) is 0 Å². The van der Waals surface area contributed by atoms with Crippen molar-refractivity contribution in [2.24, 2.45) is 0 Å². The Morgan fingerprint density at radius 2 is 1.81 bits per heavy atom. The highest BCUT2D eigenvalue weighted by atomic mass is 32.3. The van der Waals surface area contributed by atoms with E-state index in [1.165, 1.54) is 0 Å². The molecule has 7 nitrogen and oxygen atoms in total. The molecule has 1 amide bonds. The maximum Gasteiger partial charge on any atom is 0.394 e. The lowest BCUT2D eigenvalue weighted by atomic mass is 10.3. The van der Waals surface area contributed by atoms with Crippen LogP contribution in [-0.4, -0.2) is 55.5 Å². The van der Waals surface area contributed by atoms with Crippen molar-refractivity contribution in [3.63, 3.8) is 0 Å². The third kappa shape index (κ3) is 15.5. The molecule has 0 saturated carbocycles. The second kappa shape index (κ2) is 8.22. The summed E-state index contributed by atoms with van der Waals surface area (Å²) < 4.78 is 31.6. The van der Waals surface area contributed by atoms with E-state index in [1.54, 1.807) is 18.9 Å². The van der Waals surface area contributed by atoms with Gasteiger partial charge in [0.15, 0.2) is 0 Å². The minimum Gasteiger partial charge on any atom is -0.341 e. The topological polar surface area (TPSA) is 107 Å². The van der Waals surface area contributed by atoms with Crippen LogP contribution in [-0.2, 0) is 15.2 Å². The van der Waals surface area contributed by atoms with Crippen LogP contribution in [0.1, 0.15) is 6.92 Å². The first kappa shape index (κ1) is 17.4. The number of likely N-dealkylation sites (N-methyl/N-ethyl adjacent to an activating group) is 2. The van der Waals surface area contributed by atoms with Gasteiger partial charge in [0.1, 0.15) is 0 Å². The van der Waals surface area contributed by atoms with E-state index in [-0.39, 0.29) is 5.91 Å². The predicted octanol–water partition coefficient (Wildman–Crippen LogP) is -0.412. The third-order valence-corrected chi connectivity index (χ3v) is 1.41. The van der Waals surface area contributed by atoms with Crippen LogP contribution in [0, 0.1) is 0 Å². The van der Waals surface area contributed by atoms with Crippen LogP contribution in [0.5, 0.6) is 0 Å². The zero-order valence-electron chi connectivity index (χ0n) is 9.60. The number of hydrogen-bond donors (Lipinski definition) is 3. The standard InChI is InChI=1S/C8H16N2O.H2O4S/c1-7(2)8(11)10(4)6-5-9-3;1-5(2,3)4/h9H,1,5-6H2,2-4H3;(H2,1,2,3,4). The maximum atomic E-state index is 11.1. The Kier molecular flexibility index (Phi) is 8.96. The van der Waals surface area contributed by atoms with Gasteiger partial charge < -0.3 is 10.2 Å². The summed E-state index contributed by atoms with van der Waals surface area (Å²) >= 11 is 0. The fourth-order valence-electron chi connectivity index (χ4n) is 0.707. The lowest BCUT2D eigenvalue weighted by molar-refractivity contribution is -0.125. The Morgan fingerprint density at radius 1 is 1.44 bits per heavy atom. The summed E-state index contributed by atoms with van der Waals surface area (Å²) in [5.74, 6) is 0.0141. The molecule has 0 rings (SSSR count). The van der Waals surface area contributed by atoms with Crippen LogP contribution in [0.4, 0.5) is 0 Å². The summed E-state index contributed by atoms with van der Waals surface area (Å²) in [6.07, 6.45) is 0. The zero-order valence-corrected chi connectivity index (χ0v) is 10.4. The molecule has 96 valence electrons. The second-order valence-corrected chi connectivity index (χ2v) is 3.95. The van der Waals surface area contributed by atoms with E-state index in [4.69, 9.17) is 17.5 Å². The van der Waals surface area contributed by atoms with E-state index in [1.807, 2.05) is 7.05 Å². The number of nitrogens with one attached hydrogen (secondary N) is 1. The Balaban J connectivity index is 0. The Morgan fingerprint density at radius 3 is 2.06 bits per heavy atom. The minimum atomic E-state index is -4.67. The van der Waals surface area contributed by atoms with E-state index < -0.39 is 10.4 Å². The highest BCUT2D eigenvalue weighted by molar-refractivity contribution is 7.79. The van der Waals surface area contributed by atoms with Gasteiger partial charge in [0.05, 0.1) is 0 Å². The molecular formula is C8H18N2O5S. The Bertz CT molecular complexity index is 317. The quantitative estimate of drug-likeness (QED) is 0.465. The normalized spacial score (nSPS) is 10.1. The molecule has 0 aliphatic carbocycles. The van der Waals surface area contributed by atoms with Crippen molar-refractivity contribution in [2.45, 2.75) is 6.92 Å². The molecule has 3 N–H and O–H groups in total. The van der Waals surface area contributed by atoms with Crippen LogP contribution in [0.15, 0.2) is 12.2 Å². The molecule has 0 aromatic heterocycles. The lowest BCUT2D eigenvalue weighted by Gasteiger charge is -2.16. The fourth-order valence-corrected chi connectivity index (χ4v) is 0.707. The number of nitrogens with zero attached hydrogens (tertiary/aromatic N) is 1. The van der Waals surface area contributed by atoms with Crippen molar-refractivity contribution in [3.05, 3.63) is 12.2 Å². The smallest absolute Gasteiger partial charge is 0.341 e. The highest BCUT2D eigenvalue weighted by Gasteiger charge is 2.06. The van der Waals surface area contributed by atoms with Crippen molar-refractivity contribution in [3.8, 4) is 0 Å². The molecule has 0 aliphatic heterocycles. The van der Waals surface area contributed by atoms with Gasteiger partial charge in [-0.15, -0.1) is 0 Å². The molecule has 8 heteroatoms. The van der Waals surface area contributed by atoms with Gasteiger partial charge in [-0.25, -0.2) is 0 Å². The number of amides is 1. The molecule has 0 aliphatic rings. The second-order valence-electron chi connectivity index (χ2n) is 3.06.